The second-order valence-electron chi connectivity index (χ2n) is 4.12. The molecular weight excluding hydrogens is 208 g/mol. The molecule has 2 rings (SSSR count). The molecule has 0 aromatic heterocycles. The number of hydrogen-bond donors (Lipinski definition) is 1. The van der Waals surface area contributed by atoms with Gasteiger partial charge in [0.05, 0.1) is 6.07 Å². The number of unbranched alkanes of at least 4 members (excludes halogenated alkanes) is 1. The predicted octanol–water partition coefficient (Wildman–Crippen LogP) is 3.23. The molecule has 0 heterocycles. The van der Waals surface area contributed by atoms with Crippen LogP contribution in [0.2, 0.25) is 0 Å². The van der Waals surface area contributed by atoms with Gasteiger partial charge in [-0.25, -0.2) is 0 Å². The van der Waals surface area contributed by atoms with Crippen molar-refractivity contribution in [3.63, 3.8) is 0 Å². The highest BCUT2D eigenvalue weighted by atomic mass is 14.8. The molecule has 0 saturated carbocycles. The molecule has 0 atom stereocenters. The molecule has 0 aliphatic heterocycles. The van der Waals surface area contributed by atoms with Gasteiger partial charge in [0, 0.05) is 13.0 Å². The predicted molar refractivity (Wildman–Crippen MR) is 70.5 cm³/mol. The molecule has 0 radical (unpaired) electrons. The highest BCUT2D eigenvalue weighted by molar-refractivity contribution is 5.82. The van der Waals surface area contributed by atoms with Crippen molar-refractivity contribution in [1.29, 1.82) is 5.26 Å². The molecule has 2 aromatic rings. The number of nitrogens with one attached hydrogen (secondary N) is 1. The number of nitriles is 1. The van der Waals surface area contributed by atoms with E-state index < -0.39 is 0 Å². The van der Waals surface area contributed by atoms with Gasteiger partial charge in [-0.1, -0.05) is 36.4 Å². The standard InChI is InChI=1S/C15H16N2/c16-9-3-4-10-17-12-13-7-8-14-5-1-2-6-15(14)11-13/h1-2,5-8,11,17H,3-4,10,12H2. The van der Waals surface area contributed by atoms with E-state index in [0.29, 0.717) is 6.42 Å². The average molecular weight is 224 g/mol. The first-order valence-corrected chi connectivity index (χ1v) is 5.95. The van der Waals surface area contributed by atoms with Crippen LogP contribution in [0.3, 0.4) is 0 Å². The molecule has 0 spiro atoms. The number of nitrogens with zero attached hydrogens (tertiary/aromatic N) is 1. The molecule has 0 unspecified atom stereocenters. The zero-order valence-electron chi connectivity index (χ0n) is 9.82. The van der Waals surface area contributed by atoms with Crippen molar-refractivity contribution in [2.24, 2.45) is 0 Å². The topological polar surface area (TPSA) is 35.8 Å². The summed E-state index contributed by atoms with van der Waals surface area (Å²) in [6.07, 6.45) is 1.55. The lowest BCUT2D eigenvalue weighted by molar-refractivity contribution is 0.658. The van der Waals surface area contributed by atoms with Gasteiger partial charge in [-0.3, -0.25) is 0 Å². The van der Waals surface area contributed by atoms with E-state index in [9.17, 15) is 0 Å². The van der Waals surface area contributed by atoms with Crippen LogP contribution in [0.25, 0.3) is 10.8 Å². The van der Waals surface area contributed by atoms with Crippen molar-refractivity contribution in [3.8, 4) is 6.07 Å². The van der Waals surface area contributed by atoms with Crippen molar-refractivity contribution in [2.45, 2.75) is 19.4 Å². The third-order valence-electron chi connectivity index (χ3n) is 2.79. The fraction of sp³-hybridized carbons (Fsp3) is 0.267. The Balaban J connectivity index is 1.93. The highest BCUT2D eigenvalue weighted by Crippen LogP contribution is 2.15. The molecule has 17 heavy (non-hydrogen) atoms. The summed E-state index contributed by atoms with van der Waals surface area (Å²) in [6.45, 7) is 1.77. The Morgan fingerprint density at radius 3 is 2.71 bits per heavy atom. The van der Waals surface area contributed by atoms with E-state index in [1.807, 2.05) is 0 Å². The van der Waals surface area contributed by atoms with Crippen molar-refractivity contribution in [3.05, 3.63) is 48.0 Å². The van der Waals surface area contributed by atoms with Crippen LogP contribution in [-0.2, 0) is 6.54 Å². The van der Waals surface area contributed by atoms with Crippen LogP contribution in [0.5, 0.6) is 0 Å². The maximum Gasteiger partial charge on any atom is 0.0622 e. The number of rotatable bonds is 5. The van der Waals surface area contributed by atoms with Crippen LogP contribution in [0, 0.1) is 11.3 Å². The number of benzene rings is 2. The number of fused-ring (bicyclic) bond motifs is 1. The second-order valence-corrected chi connectivity index (χ2v) is 4.12. The van der Waals surface area contributed by atoms with Crippen molar-refractivity contribution in [1.82, 2.24) is 5.32 Å². The fourth-order valence-electron chi connectivity index (χ4n) is 1.87. The van der Waals surface area contributed by atoms with E-state index in [-0.39, 0.29) is 0 Å². The minimum Gasteiger partial charge on any atom is -0.313 e. The first-order valence-electron chi connectivity index (χ1n) is 5.95. The lowest BCUT2D eigenvalue weighted by Crippen LogP contribution is -2.14. The monoisotopic (exact) mass is 224 g/mol. The van der Waals surface area contributed by atoms with E-state index in [1.165, 1.54) is 16.3 Å². The fourth-order valence-corrected chi connectivity index (χ4v) is 1.87. The van der Waals surface area contributed by atoms with Crippen LogP contribution >= 0.6 is 0 Å². The van der Waals surface area contributed by atoms with Crippen LogP contribution < -0.4 is 5.32 Å². The second kappa shape index (κ2) is 6.03. The van der Waals surface area contributed by atoms with Gasteiger partial charge in [-0.05, 0) is 35.4 Å². The van der Waals surface area contributed by atoms with Gasteiger partial charge in [-0.2, -0.15) is 5.26 Å². The summed E-state index contributed by atoms with van der Waals surface area (Å²) in [4.78, 5) is 0. The van der Waals surface area contributed by atoms with E-state index in [2.05, 4.69) is 53.9 Å². The van der Waals surface area contributed by atoms with Crippen LogP contribution in [-0.4, -0.2) is 6.54 Å². The Labute approximate surface area is 102 Å². The minimum atomic E-state index is 0.630. The maximum atomic E-state index is 8.42. The molecule has 0 saturated heterocycles. The molecule has 0 bridgehead atoms. The quantitative estimate of drug-likeness (QED) is 0.791. The first-order chi connectivity index (χ1) is 8.40. The summed E-state index contributed by atoms with van der Waals surface area (Å²) < 4.78 is 0. The molecule has 0 fully saturated rings. The van der Waals surface area contributed by atoms with Crippen molar-refractivity contribution in [2.75, 3.05) is 6.54 Å². The minimum absolute atomic E-state index is 0.630. The molecular formula is C15H16N2. The van der Waals surface area contributed by atoms with Gasteiger partial charge in [0.15, 0.2) is 0 Å². The van der Waals surface area contributed by atoms with E-state index in [0.717, 1.165) is 19.5 Å². The number of hydrogen-bond acceptors (Lipinski definition) is 2. The Kier molecular flexibility index (Phi) is 4.12. The Morgan fingerprint density at radius 1 is 1.06 bits per heavy atom. The van der Waals surface area contributed by atoms with Gasteiger partial charge in [-0.15, -0.1) is 0 Å². The van der Waals surface area contributed by atoms with E-state index in [4.69, 9.17) is 5.26 Å². The smallest absolute Gasteiger partial charge is 0.0622 e. The van der Waals surface area contributed by atoms with Crippen molar-refractivity contribution >= 4 is 10.8 Å². The molecule has 0 aliphatic rings. The Bertz CT molecular complexity index is 526. The molecule has 1 N–H and O–H groups in total. The van der Waals surface area contributed by atoms with Gasteiger partial charge in [0.1, 0.15) is 0 Å². The molecule has 2 aromatic carbocycles. The van der Waals surface area contributed by atoms with E-state index in [1.54, 1.807) is 0 Å². The third kappa shape index (κ3) is 3.30. The van der Waals surface area contributed by atoms with Crippen LogP contribution in [0.4, 0.5) is 0 Å². The maximum absolute atomic E-state index is 8.42. The van der Waals surface area contributed by atoms with E-state index >= 15 is 0 Å². The van der Waals surface area contributed by atoms with Crippen LogP contribution in [0.15, 0.2) is 42.5 Å². The summed E-state index contributed by atoms with van der Waals surface area (Å²) in [5.74, 6) is 0. The van der Waals surface area contributed by atoms with Crippen molar-refractivity contribution < 1.29 is 0 Å². The summed E-state index contributed by atoms with van der Waals surface area (Å²) in [5.41, 5.74) is 1.29. The Hall–Kier alpha value is -1.85. The summed E-state index contributed by atoms with van der Waals surface area (Å²) in [7, 11) is 0. The SMILES string of the molecule is N#CCCCNCc1ccc2ccccc2c1. The van der Waals surface area contributed by atoms with Crippen LogP contribution in [0.1, 0.15) is 18.4 Å². The normalized spacial score (nSPS) is 10.3. The Morgan fingerprint density at radius 2 is 1.88 bits per heavy atom. The van der Waals surface area contributed by atoms with Gasteiger partial charge in [0.2, 0.25) is 0 Å². The zero-order chi connectivity index (χ0) is 11.9. The molecule has 2 heteroatoms. The first kappa shape index (κ1) is 11.6. The van der Waals surface area contributed by atoms with Gasteiger partial charge in [0.25, 0.3) is 0 Å². The van der Waals surface area contributed by atoms with Gasteiger partial charge >= 0.3 is 0 Å². The zero-order valence-corrected chi connectivity index (χ0v) is 9.82. The summed E-state index contributed by atoms with van der Waals surface area (Å²) >= 11 is 0. The average Bonchev–Trinajstić information content (AvgIpc) is 2.38. The largest absolute Gasteiger partial charge is 0.313 e. The third-order valence-corrected chi connectivity index (χ3v) is 2.79. The lowest BCUT2D eigenvalue weighted by atomic mass is 10.1. The molecule has 0 aliphatic carbocycles. The highest BCUT2D eigenvalue weighted by Gasteiger charge is 1.95. The molecule has 0 amide bonds. The lowest BCUT2D eigenvalue weighted by Gasteiger charge is -2.05. The van der Waals surface area contributed by atoms with Gasteiger partial charge < -0.3 is 5.32 Å². The summed E-state index contributed by atoms with van der Waals surface area (Å²) in [5, 5.41) is 14.3. The molecule has 86 valence electrons. The summed E-state index contributed by atoms with van der Waals surface area (Å²) in [6, 6.07) is 17.0. The molecule has 2 nitrogen and oxygen atoms in total.